The van der Waals surface area contributed by atoms with E-state index in [1.165, 1.54) is 12.1 Å². The van der Waals surface area contributed by atoms with Crippen molar-refractivity contribution in [3.05, 3.63) is 41.8 Å². The smallest absolute Gasteiger partial charge is 0.452 e. The number of nitrogens with one attached hydrogen (secondary N) is 1. The highest BCUT2D eigenvalue weighted by molar-refractivity contribution is 5.94. The van der Waals surface area contributed by atoms with E-state index in [1.54, 1.807) is 18.2 Å². The van der Waals surface area contributed by atoms with E-state index in [9.17, 15) is 22.8 Å². The Morgan fingerprint density at radius 2 is 1.92 bits per heavy atom. The number of rotatable bonds is 5. The summed E-state index contributed by atoms with van der Waals surface area (Å²) < 4.78 is 48.3. The topological polar surface area (TPSA) is 81.4 Å². The number of carbonyl (C=O) groups excluding carboxylic acids is 2. The number of hydrogen-bond acceptors (Lipinski definition) is 5. The highest BCUT2D eigenvalue weighted by atomic mass is 19.4. The molecule has 6 nitrogen and oxygen atoms in total. The Kier molecular flexibility index (Phi) is 5.22. The average Bonchev–Trinajstić information content (AvgIpc) is 3.01. The van der Waals surface area contributed by atoms with E-state index in [0.29, 0.717) is 5.56 Å². The van der Waals surface area contributed by atoms with Crippen molar-refractivity contribution < 1.29 is 31.9 Å². The Bertz CT molecular complexity index is 726. The number of halogens is 3. The number of nitrogens with zero attached hydrogens (tertiary/aromatic N) is 1. The van der Waals surface area contributed by atoms with Gasteiger partial charge in [-0.05, 0) is 12.1 Å². The molecule has 0 unspecified atom stereocenters. The standard InChI is InChI=1S/C15H13F3N2O4/c1-23-10(21)7-8-19-13(22)11-12(15(16,17)18)24-14(20-11)9-5-3-2-4-6-9/h2-6H,7-8H2,1H3,(H,19,22). The molecule has 0 radical (unpaired) electrons. The fourth-order valence-corrected chi connectivity index (χ4v) is 1.83. The van der Waals surface area contributed by atoms with E-state index < -0.39 is 29.5 Å². The predicted molar refractivity (Wildman–Crippen MR) is 75.9 cm³/mol. The molecule has 0 aliphatic heterocycles. The van der Waals surface area contributed by atoms with Crippen LogP contribution < -0.4 is 5.32 Å². The molecule has 0 aliphatic rings. The van der Waals surface area contributed by atoms with Crippen LogP contribution >= 0.6 is 0 Å². The molecule has 1 amide bonds. The number of esters is 1. The molecule has 0 bridgehead atoms. The summed E-state index contributed by atoms with van der Waals surface area (Å²) in [4.78, 5) is 26.5. The summed E-state index contributed by atoms with van der Waals surface area (Å²) in [5, 5.41) is 2.18. The highest BCUT2D eigenvalue weighted by Crippen LogP contribution is 2.35. The molecule has 2 aromatic rings. The van der Waals surface area contributed by atoms with Crippen LogP contribution in [0.15, 0.2) is 34.7 Å². The fourth-order valence-electron chi connectivity index (χ4n) is 1.83. The zero-order chi connectivity index (χ0) is 17.7. The maximum Gasteiger partial charge on any atom is 0.452 e. The molecule has 1 aromatic carbocycles. The quantitative estimate of drug-likeness (QED) is 0.845. The number of oxazole rings is 1. The summed E-state index contributed by atoms with van der Waals surface area (Å²) >= 11 is 0. The lowest BCUT2D eigenvalue weighted by atomic mass is 10.2. The third-order valence-electron chi connectivity index (χ3n) is 2.96. The van der Waals surface area contributed by atoms with Gasteiger partial charge in [0.25, 0.3) is 5.91 Å². The molecule has 0 saturated heterocycles. The number of methoxy groups -OCH3 is 1. The molecule has 24 heavy (non-hydrogen) atoms. The zero-order valence-corrected chi connectivity index (χ0v) is 12.5. The third kappa shape index (κ3) is 4.12. The first kappa shape index (κ1) is 17.5. The van der Waals surface area contributed by atoms with Gasteiger partial charge in [0.05, 0.1) is 13.5 Å². The van der Waals surface area contributed by atoms with E-state index in [-0.39, 0.29) is 18.9 Å². The van der Waals surface area contributed by atoms with E-state index >= 15 is 0 Å². The van der Waals surface area contributed by atoms with Crippen molar-refractivity contribution >= 4 is 11.9 Å². The second-order valence-corrected chi connectivity index (χ2v) is 4.64. The summed E-state index contributed by atoms with van der Waals surface area (Å²) in [6.45, 7) is -0.184. The SMILES string of the molecule is COC(=O)CCNC(=O)c1nc(-c2ccccc2)oc1C(F)(F)F. The lowest BCUT2D eigenvalue weighted by molar-refractivity contribution is -0.153. The minimum atomic E-state index is -4.88. The van der Waals surface area contributed by atoms with Gasteiger partial charge in [0.1, 0.15) is 0 Å². The average molecular weight is 342 g/mol. The Morgan fingerprint density at radius 3 is 2.50 bits per heavy atom. The number of aromatic nitrogens is 1. The van der Waals surface area contributed by atoms with Gasteiger partial charge in [0.2, 0.25) is 11.7 Å². The molecule has 2 rings (SSSR count). The number of ether oxygens (including phenoxy) is 1. The molecule has 1 N–H and O–H groups in total. The van der Waals surface area contributed by atoms with Crippen molar-refractivity contribution in [3.63, 3.8) is 0 Å². The molecule has 0 saturated carbocycles. The largest absolute Gasteiger partial charge is 0.469 e. The molecule has 1 heterocycles. The molecule has 0 atom stereocenters. The maximum atomic E-state index is 13.1. The van der Waals surface area contributed by atoms with Gasteiger partial charge in [-0.2, -0.15) is 13.2 Å². The number of carbonyl (C=O) groups is 2. The Hall–Kier alpha value is -2.84. The molecule has 0 fully saturated rings. The van der Waals surface area contributed by atoms with Crippen molar-refractivity contribution in [1.29, 1.82) is 0 Å². The molecule has 0 aliphatic carbocycles. The number of alkyl halides is 3. The minimum Gasteiger partial charge on any atom is -0.469 e. The van der Waals surface area contributed by atoms with E-state index in [1.807, 2.05) is 0 Å². The van der Waals surface area contributed by atoms with E-state index in [4.69, 9.17) is 4.42 Å². The van der Waals surface area contributed by atoms with Crippen LogP contribution in [-0.4, -0.2) is 30.5 Å². The van der Waals surface area contributed by atoms with Gasteiger partial charge in [-0.3, -0.25) is 9.59 Å². The van der Waals surface area contributed by atoms with Gasteiger partial charge in [0.15, 0.2) is 5.69 Å². The van der Waals surface area contributed by atoms with Crippen LogP contribution in [0.1, 0.15) is 22.7 Å². The monoisotopic (exact) mass is 342 g/mol. The Balaban J connectivity index is 2.26. The number of hydrogen-bond donors (Lipinski definition) is 1. The van der Waals surface area contributed by atoms with Crippen LogP contribution in [0.5, 0.6) is 0 Å². The van der Waals surface area contributed by atoms with E-state index in [2.05, 4.69) is 15.0 Å². The molecular formula is C15H13F3N2O4. The van der Waals surface area contributed by atoms with Crippen LogP contribution in [0.4, 0.5) is 13.2 Å². The number of amides is 1. The van der Waals surface area contributed by atoms with Crippen LogP contribution in [0.25, 0.3) is 11.5 Å². The third-order valence-corrected chi connectivity index (χ3v) is 2.96. The zero-order valence-electron chi connectivity index (χ0n) is 12.5. The Morgan fingerprint density at radius 1 is 1.25 bits per heavy atom. The summed E-state index contributed by atoms with van der Waals surface area (Å²) in [7, 11) is 1.16. The van der Waals surface area contributed by atoms with Crippen LogP contribution in [0.3, 0.4) is 0 Å². The van der Waals surface area contributed by atoms with Crippen molar-refractivity contribution in [2.24, 2.45) is 0 Å². The first-order valence-corrected chi connectivity index (χ1v) is 6.81. The fraction of sp³-hybridized carbons (Fsp3) is 0.267. The molecular weight excluding hydrogens is 329 g/mol. The first-order valence-electron chi connectivity index (χ1n) is 6.81. The van der Waals surface area contributed by atoms with Gasteiger partial charge in [-0.1, -0.05) is 18.2 Å². The molecule has 128 valence electrons. The number of benzene rings is 1. The summed E-state index contributed by atoms with van der Waals surface area (Å²) in [6.07, 6.45) is -5.05. The van der Waals surface area contributed by atoms with Crippen molar-refractivity contribution in [1.82, 2.24) is 10.3 Å². The second kappa shape index (κ2) is 7.16. The predicted octanol–water partition coefficient (Wildman–Crippen LogP) is 2.65. The lowest BCUT2D eigenvalue weighted by Crippen LogP contribution is -2.28. The molecule has 0 spiro atoms. The maximum absolute atomic E-state index is 13.1. The van der Waals surface area contributed by atoms with Crippen molar-refractivity contribution in [3.8, 4) is 11.5 Å². The normalized spacial score (nSPS) is 11.2. The van der Waals surface area contributed by atoms with Gasteiger partial charge >= 0.3 is 12.1 Å². The van der Waals surface area contributed by atoms with Gasteiger partial charge in [-0.15, -0.1) is 0 Å². The first-order chi connectivity index (χ1) is 11.3. The van der Waals surface area contributed by atoms with Gasteiger partial charge < -0.3 is 14.5 Å². The van der Waals surface area contributed by atoms with Crippen molar-refractivity contribution in [2.45, 2.75) is 12.6 Å². The van der Waals surface area contributed by atoms with Crippen molar-refractivity contribution in [2.75, 3.05) is 13.7 Å². The lowest BCUT2D eigenvalue weighted by Gasteiger charge is -2.05. The van der Waals surface area contributed by atoms with Crippen LogP contribution in [-0.2, 0) is 15.7 Å². The molecule has 1 aromatic heterocycles. The van der Waals surface area contributed by atoms with E-state index in [0.717, 1.165) is 7.11 Å². The second-order valence-electron chi connectivity index (χ2n) is 4.64. The van der Waals surface area contributed by atoms with Crippen LogP contribution in [0, 0.1) is 0 Å². The Labute approximate surface area is 134 Å². The van der Waals surface area contributed by atoms with Gasteiger partial charge in [0, 0.05) is 12.1 Å². The molecule has 9 heteroatoms. The summed E-state index contributed by atoms with van der Waals surface area (Å²) in [5.74, 6) is -3.49. The summed E-state index contributed by atoms with van der Waals surface area (Å²) in [6, 6.07) is 7.89. The summed E-state index contributed by atoms with van der Waals surface area (Å²) in [5.41, 5.74) is -0.581. The van der Waals surface area contributed by atoms with Crippen LogP contribution in [0.2, 0.25) is 0 Å². The van der Waals surface area contributed by atoms with Gasteiger partial charge in [-0.25, -0.2) is 4.98 Å². The minimum absolute atomic E-state index is 0.174. The highest BCUT2D eigenvalue weighted by Gasteiger charge is 2.41.